The van der Waals surface area contributed by atoms with Crippen molar-refractivity contribution in [2.24, 2.45) is 0 Å². The monoisotopic (exact) mass is 213 g/mol. The van der Waals surface area contributed by atoms with Crippen molar-refractivity contribution in [1.82, 2.24) is 0 Å². The first-order valence-corrected chi connectivity index (χ1v) is 1.67. The zero-order valence-corrected chi connectivity index (χ0v) is 7.09. The molecule has 0 bridgehead atoms. The number of hydrogen-bond donors (Lipinski definition) is 0. The molecule has 0 aromatic rings. The van der Waals surface area contributed by atoms with Crippen molar-refractivity contribution in [2.45, 2.75) is 0 Å². The third-order valence-electron chi connectivity index (χ3n) is 0. The van der Waals surface area contributed by atoms with Gasteiger partial charge in [-0.2, -0.15) is 13.5 Å². The largest absolute Gasteiger partial charge is 2.00 e. The van der Waals surface area contributed by atoms with Gasteiger partial charge in [0.1, 0.15) is 0 Å². The minimum Gasteiger partial charge on any atom is -0.696 e. The van der Waals surface area contributed by atoms with Crippen LogP contribution in [0.2, 0.25) is 0 Å². The van der Waals surface area contributed by atoms with Crippen molar-refractivity contribution in [3.05, 3.63) is 0 Å². The van der Waals surface area contributed by atoms with Crippen molar-refractivity contribution < 1.29 is 17.1 Å². The second-order valence-electron chi connectivity index (χ2n) is 0.183. The van der Waals surface area contributed by atoms with Crippen LogP contribution in [-0.2, 0) is 42.3 Å². The Hall–Kier alpha value is 0.289. The van der Waals surface area contributed by atoms with Gasteiger partial charge in [0.15, 0.2) is 0 Å². The van der Waals surface area contributed by atoms with Crippen LogP contribution in [0.25, 0.3) is 0 Å². The van der Waals surface area contributed by atoms with Gasteiger partial charge in [-0.05, 0) is 0 Å². The molecule has 0 unspecified atom stereocenters. The summed E-state index contributed by atoms with van der Waals surface area (Å²) in [5, 5.41) is 16.9. The molecule has 0 aliphatic carbocycles. The van der Waals surface area contributed by atoms with E-state index < -0.39 is 0 Å². The van der Waals surface area contributed by atoms with Crippen LogP contribution < -0.4 is 0 Å². The first-order valence-electron chi connectivity index (χ1n) is 0.855. The van der Waals surface area contributed by atoms with E-state index in [4.69, 9.17) is 10.5 Å². The zero-order valence-electron chi connectivity index (χ0n) is 3.51. The third kappa shape index (κ3) is 2100. The molecule has 0 atom stereocenters. The average Bonchev–Trinajstić information content (AvgIpc) is 1.39. The van der Waals surface area contributed by atoms with Gasteiger partial charge in [0.25, 0.3) is 0 Å². The number of nitriles is 2. The van der Waals surface area contributed by atoms with E-state index >= 15 is 0 Å². The van der Waals surface area contributed by atoms with E-state index in [2.05, 4.69) is 25.3 Å². The van der Waals surface area contributed by atoms with E-state index in [1.54, 1.807) is 0 Å². The van der Waals surface area contributed by atoms with Crippen LogP contribution in [0.5, 0.6) is 0 Å². The summed E-state index contributed by atoms with van der Waals surface area (Å²) in [7, 11) is 0. The Balaban J connectivity index is -0.0000000160. The smallest absolute Gasteiger partial charge is 0.696 e. The average molecular weight is 214 g/mol. The number of nitrogens with zero attached hydrogens (tertiary/aromatic N) is 2. The van der Waals surface area contributed by atoms with Gasteiger partial charge < -0.3 is 25.3 Å². The van der Waals surface area contributed by atoms with Crippen molar-refractivity contribution >= 4 is 38.8 Å². The van der Waals surface area contributed by atoms with E-state index in [9.17, 15) is 0 Å². The van der Waals surface area contributed by atoms with Gasteiger partial charge in [0.2, 0.25) is 0 Å². The summed E-state index contributed by atoms with van der Waals surface area (Å²) in [6.07, 6.45) is 0. The van der Waals surface area contributed by atoms with Crippen molar-refractivity contribution in [1.29, 1.82) is 10.5 Å². The van der Waals surface area contributed by atoms with Gasteiger partial charge in [0.05, 0.1) is 0 Å². The molecule has 49 valence electrons. The maximum absolute atomic E-state index is 7.13. The molecule has 0 rings (SSSR count). The van der Waals surface area contributed by atoms with E-state index in [0.29, 0.717) is 0 Å². The predicted octanol–water partition coefficient (Wildman–Crippen LogP) is 0.139. The summed E-state index contributed by atoms with van der Waals surface area (Å²) in [5.74, 6) is 0. The molecule has 0 aromatic heterocycles. The molecular formula is C2H2CuN2S3. The zero-order chi connectivity index (χ0) is 5.41. The van der Waals surface area contributed by atoms with Crippen molar-refractivity contribution in [2.75, 3.05) is 0 Å². The van der Waals surface area contributed by atoms with Crippen LogP contribution in [0.3, 0.4) is 0 Å². The molecule has 0 aliphatic rings. The summed E-state index contributed by atoms with van der Waals surface area (Å²) in [5.41, 5.74) is 0. The van der Waals surface area contributed by atoms with E-state index in [1.807, 2.05) is 0 Å². The Morgan fingerprint density at radius 1 is 1.00 bits per heavy atom. The second kappa shape index (κ2) is 55.0. The molecule has 0 saturated heterocycles. The molecule has 0 heterocycles. The Labute approximate surface area is 77.0 Å². The molecule has 1 radical (unpaired) electrons. The standard InChI is InChI=1S/2CHNS.Cu.H2S/c2*2-1-3;;/h2*3H;;1H2/q;;+2;/p-2. The van der Waals surface area contributed by atoms with Crippen LogP contribution in [-0.4, -0.2) is 0 Å². The summed E-state index contributed by atoms with van der Waals surface area (Å²) in [4.78, 5) is 0. The van der Waals surface area contributed by atoms with Gasteiger partial charge in [-0.3, -0.25) is 0 Å². The van der Waals surface area contributed by atoms with Crippen molar-refractivity contribution in [3.63, 3.8) is 0 Å². The van der Waals surface area contributed by atoms with Crippen molar-refractivity contribution in [3.8, 4) is 10.8 Å². The van der Waals surface area contributed by atoms with Crippen LogP contribution in [0, 0.1) is 21.3 Å². The van der Waals surface area contributed by atoms with Crippen LogP contribution in [0.15, 0.2) is 0 Å². The Morgan fingerprint density at radius 2 is 1.00 bits per heavy atom. The fourth-order valence-electron chi connectivity index (χ4n) is 0. The van der Waals surface area contributed by atoms with E-state index in [-0.39, 0.29) is 30.6 Å². The normalized spacial score (nSPS) is 1.75. The summed E-state index contributed by atoms with van der Waals surface area (Å²) in [6.45, 7) is 0. The van der Waals surface area contributed by atoms with Gasteiger partial charge in [0, 0.05) is 0 Å². The molecule has 0 saturated carbocycles. The predicted molar refractivity (Wildman–Crippen MR) is 36.3 cm³/mol. The fraction of sp³-hybridized carbons (Fsp3) is 0. The maximum atomic E-state index is 7.13. The van der Waals surface area contributed by atoms with Gasteiger partial charge in [-0.1, -0.05) is 10.8 Å². The SMILES string of the molecule is N#C[S-].N#C[S-].S.[Cu+2]. The number of hydrogen-bond acceptors (Lipinski definition) is 4. The summed E-state index contributed by atoms with van der Waals surface area (Å²) < 4.78 is 0. The van der Waals surface area contributed by atoms with Gasteiger partial charge in [-0.15, -0.1) is 0 Å². The third-order valence-corrected chi connectivity index (χ3v) is 0. The van der Waals surface area contributed by atoms with Crippen LogP contribution >= 0.6 is 13.5 Å². The molecular weight excluding hydrogens is 212 g/mol. The minimum atomic E-state index is 0. The fourth-order valence-corrected chi connectivity index (χ4v) is 0. The van der Waals surface area contributed by atoms with Crippen LogP contribution in [0.4, 0.5) is 0 Å². The van der Waals surface area contributed by atoms with E-state index in [1.165, 1.54) is 10.8 Å². The molecule has 0 fully saturated rings. The Morgan fingerprint density at radius 3 is 1.00 bits per heavy atom. The van der Waals surface area contributed by atoms with E-state index in [0.717, 1.165) is 0 Å². The maximum Gasteiger partial charge on any atom is 2.00 e. The molecule has 8 heavy (non-hydrogen) atoms. The molecule has 0 aromatic carbocycles. The van der Waals surface area contributed by atoms with Crippen LogP contribution in [0.1, 0.15) is 0 Å². The Bertz CT molecular complexity index is 70.3. The Kier molecular flexibility index (Phi) is 165. The quantitative estimate of drug-likeness (QED) is 0.326. The minimum absolute atomic E-state index is 0. The molecule has 2 nitrogen and oxygen atoms in total. The summed E-state index contributed by atoms with van der Waals surface area (Å²) in [6, 6.07) is 0. The van der Waals surface area contributed by atoms with Gasteiger partial charge >= 0.3 is 17.1 Å². The molecule has 6 heteroatoms. The first kappa shape index (κ1) is 23.9. The number of thiocyanates is 2. The van der Waals surface area contributed by atoms with Gasteiger partial charge in [-0.25, -0.2) is 10.5 Å². The molecule has 0 aliphatic heterocycles. The topological polar surface area (TPSA) is 47.6 Å². The first-order chi connectivity index (χ1) is 2.83. The molecule has 0 spiro atoms. The second-order valence-corrected chi connectivity index (χ2v) is 0.548. The molecule has 0 N–H and O–H groups in total. The number of rotatable bonds is 0. The summed E-state index contributed by atoms with van der Waals surface area (Å²) >= 11 is 7.40. The molecule has 0 amide bonds.